The Morgan fingerprint density at radius 1 is 1.03 bits per heavy atom. The number of aromatic nitrogens is 2. The number of carbonyl (C=O) groups excluding carboxylic acids is 2. The van der Waals surface area contributed by atoms with Crippen molar-refractivity contribution in [3.63, 3.8) is 0 Å². The van der Waals surface area contributed by atoms with Crippen LogP contribution in [0.3, 0.4) is 0 Å². The maximum absolute atomic E-state index is 12.7. The Bertz CT molecular complexity index is 1100. The fraction of sp³-hybridized carbons (Fsp3) is 0.400. The molecule has 0 radical (unpaired) electrons. The second-order valence-corrected chi connectivity index (χ2v) is 7.60. The summed E-state index contributed by atoms with van der Waals surface area (Å²) in [5.41, 5.74) is 2.32. The van der Waals surface area contributed by atoms with E-state index < -0.39 is 0 Å². The van der Waals surface area contributed by atoms with Crippen LogP contribution in [0.2, 0.25) is 0 Å². The Labute approximate surface area is 194 Å². The molecular formula is C25H32N4O4. The van der Waals surface area contributed by atoms with Gasteiger partial charge in [0.1, 0.15) is 12.4 Å². The molecule has 1 heterocycles. The van der Waals surface area contributed by atoms with Crippen molar-refractivity contribution in [1.29, 1.82) is 0 Å². The first-order valence-corrected chi connectivity index (χ1v) is 11.2. The Morgan fingerprint density at radius 2 is 1.76 bits per heavy atom. The zero-order chi connectivity index (χ0) is 23.8. The second-order valence-electron chi connectivity index (χ2n) is 7.60. The van der Waals surface area contributed by atoms with E-state index in [-0.39, 0.29) is 18.4 Å². The molecular weight excluding hydrogens is 420 g/mol. The molecule has 3 rings (SSSR count). The molecule has 1 N–H and O–H groups in total. The van der Waals surface area contributed by atoms with Crippen LogP contribution in [0.1, 0.15) is 36.5 Å². The van der Waals surface area contributed by atoms with Gasteiger partial charge in [0.25, 0.3) is 5.91 Å². The Hall–Kier alpha value is -3.55. The summed E-state index contributed by atoms with van der Waals surface area (Å²) in [6, 6.07) is 12.9. The molecule has 8 heteroatoms. The molecule has 0 unspecified atom stereocenters. The van der Waals surface area contributed by atoms with E-state index in [1.54, 1.807) is 25.3 Å². The zero-order valence-corrected chi connectivity index (χ0v) is 19.8. The van der Waals surface area contributed by atoms with Crippen LogP contribution in [0.4, 0.5) is 0 Å². The molecule has 0 aliphatic rings. The third kappa shape index (κ3) is 5.63. The van der Waals surface area contributed by atoms with Gasteiger partial charge in [0.05, 0.1) is 25.3 Å². The van der Waals surface area contributed by atoms with Gasteiger partial charge in [-0.1, -0.05) is 12.1 Å². The molecule has 0 spiro atoms. The molecule has 33 heavy (non-hydrogen) atoms. The second kappa shape index (κ2) is 11.4. The Balaban J connectivity index is 1.65. The molecule has 0 aliphatic carbocycles. The van der Waals surface area contributed by atoms with Crippen LogP contribution in [-0.2, 0) is 17.8 Å². The molecule has 1 aromatic heterocycles. The highest BCUT2D eigenvalue weighted by Gasteiger charge is 2.17. The average Bonchev–Trinajstić information content (AvgIpc) is 3.19. The number of fused-ring (bicyclic) bond motifs is 1. The number of rotatable bonds is 11. The van der Waals surface area contributed by atoms with Crippen LogP contribution >= 0.6 is 0 Å². The summed E-state index contributed by atoms with van der Waals surface area (Å²) >= 11 is 0. The van der Waals surface area contributed by atoms with Gasteiger partial charge in [-0.15, -0.1) is 0 Å². The zero-order valence-electron chi connectivity index (χ0n) is 19.8. The van der Waals surface area contributed by atoms with Gasteiger partial charge < -0.3 is 24.3 Å². The van der Waals surface area contributed by atoms with Crippen molar-refractivity contribution in [1.82, 2.24) is 19.8 Å². The SMILES string of the molecule is CCN(CC)C(=O)Cn1c(CCCNC(=O)c2ccc(OC)c(OC)c2)nc2ccccc21. The van der Waals surface area contributed by atoms with E-state index in [0.717, 1.165) is 16.9 Å². The summed E-state index contributed by atoms with van der Waals surface area (Å²) in [5, 5.41) is 2.94. The molecule has 2 amide bonds. The van der Waals surface area contributed by atoms with Gasteiger partial charge in [-0.25, -0.2) is 4.98 Å². The quantitative estimate of drug-likeness (QED) is 0.451. The highest BCUT2D eigenvalue weighted by atomic mass is 16.5. The predicted octanol–water partition coefficient (Wildman–Crippen LogP) is 3.28. The van der Waals surface area contributed by atoms with Gasteiger partial charge in [-0.05, 0) is 50.6 Å². The first-order valence-electron chi connectivity index (χ1n) is 11.2. The van der Waals surface area contributed by atoms with Gasteiger partial charge in [-0.3, -0.25) is 9.59 Å². The fourth-order valence-electron chi connectivity index (χ4n) is 3.83. The van der Waals surface area contributed by atoms with Gasteiger partial charge in [0, 0.05) is 31.6 Å². The lowest BCUT2D eigenvalue weighted by Crippen LogP contribution is -2.33. The van der Waals surface area contributed by atoms with E-state index in [1.807, 2.05) is 47.6 Å². The number of para-hydroxylation sites is 2. The maximum Gasteiger partial charge on any atom is 0.251 e. The van der Waals surface area contributed by atoms with Crippen LogP contribution in [0.5, 0.6) is 11.5 Å². The summed E-state index contributed by atoms with van der Waals surface area (Å²) in [7, 11) is 3.09. The van der Waals surface area contributed by atoms with Crippen molar-refractivity contribution < 1.29 is 19.1 Å². The van der Waals surface area contributed by atoms with Crippen molar-refractivity contribution in [3.05, 3.63) is 53.9 Å². The molecule has 0 saturated heterocycles. The molecule has 8 nitrogen and oxygen atoms in total. The molecule has 3 aromatic rings. The van der Waals surface area contributed by atoms with Gasteiger partial charge in [-0.2, -0.15) is 0 Å². The number of imidazole rings is 1. The number of nitrogens with zero attached hydrogens (tertiary/aromatic N) is 3. The first kappa shape index (κ1) is 24.1. The number of methoxy groups -OCH3 is 2. The van der Waals surface area contributed by atoms with Crippen LogP contribution in [0.15, 0.2) is 42.5 Å². The van der Waals surface area contributed by atoms with Crippen molar-refractivity contribution in [3.8, 4) is 11.5 Å². The highest BCUT2D eigenvalue weighted by Crippen LogP contribution is 2.27. The van der Waals surface area contributed by atoms with Crippen molar-refractivity contribution in [2.75, 3.05) is 33.9 Å². The molecule has 0 bridgehead atoms. The normalized spacial score (nSPS) is 10.8. The van der Waals surface area contributed by atoms with E-state index in [1.165, 1.54) is 7.11 Å². The third-order valence-corrected chi connectivity index (χ3v) is 5.65. The maximum atomic E-state index is 12.7. The monoisotopic (exact) mass is 452 g/mol. The summed E-state index contributed by atoms with van der Waals surface area (Å²) < 4.78 is 12.5. The van der Waals surface area contributed by atoms with E-state index >= 15 is 0 Å². The smallest absolute Gasteiger partial charge is 0.251 e. The van der Waals surface area contributed by atoms with Crippen LogP contribution in [-0.4, -0.2) is 60.1 Å². The van der Waals surface area contributed by atoms with Gasteiger partial charge in [0.2, 0.25) is 5.91 Å². The van der Waals surface area contributed by atoms with Crippen LogP contribution in [0, 0.1) is 0 Å². The topological polar surface area (TPSA) is 85.7 Å². The van der Waals surface area contributed by atoms with Gasteiger partial charge in [0.15, 0.2) is 11.5 Å². The molecule has 0 saturated carbocycles. The van der Waals surface area contributed by atoms with Crippen molar-refractivity contribution in [2.45, 2.75) is 33.2 Å². The third-order valence-electron chi connectivity index (χ3n) is 5.65. The van der Waals surface area contributed by atoms with Crippen molar-refractivity contribution >= 4 is 22.8 Å². The molecule has 0 aliphatic heterocycles. The number of aryl methyl sites for hydroxylation is 1. The first-order chi connectivity index (χ1) is 16.0. The lowest BCUT2D eigenvalue weighted by atomic mass is 10.2. The highest BCUT2D eigenvalue weighted by molar-refractivity contribution is 5.94. The number of amides is 2. The number of benzene rings is 2. The lowest BCUT2D eigenvalue weighted by molar-refractivity contribution is -0.131. The largest absolute Gasteiger partial charge is 0.493 e. The fourth-order valence-corrected chi connectivity index (χ4v) is 3.83. The minimum absolute atomic E-state index is 0.0751. The van der Waals surface area contributed by atoms with Crippen LogP contribution in [0.25, 0.3) is 11.0 Å². The number of likely N-dealkylation sites (N-methyl/N-ethyl adjacent to an activating group) is 1. The van der Waals surface area contributed by atoms with Crippen LogP contribution < -0.4 is 14.8 Å². The number of ether oxygens (including phenoxy) is 2. The summed E-state index contributed by atoms with van der Waals surface area (Å²) in [6.07, 6.45) is 1.34. The standard InChI is InChI=1S/C25H32N4O4/c1-5-28(6-2)24(30)17-29-20-11-8-7-10-19(20)27-23(29)12-9-15-26-25(31)18-13-14-21(32-3)22(16-18)33-4/h7-8,10-11,13-14,16H,5-6,9,12,15,17H2,1-4H3,(H,26,31). The Morgan fingerprint density at radius 3 is 2.45 bits per heavy atom. The number of hydrogen-bond acceptors (Lipinski definition) is 5. The molecule has 0 atom stereocenters. The summed E-state index contributed by atoms with van der Waals surface area (Å²) in [4.78, 5) is 31.8. The number of hydrogen-bond donors (Lipinski definition) is 1. The summed E-state index contributed by atoms with van der Waals surface area (Å²) in [5.74, 6) is 1.83. The molecule has 0 fully saturated rings. The van der Waals surface area contributed by atoms with E-state index in [4.69, 9.17) is 14.5 Å². The van der Waals surface area contributed by atoms with E-state index in [9.17, 15) is 9.59 Å². The lowest BCUT2D eigenvalue weighted by Gasteiger charge is -2.20. The molecule has 2 aromatic carbocycles. The van der Waals surface area contributed by atoms with Crippen molar-refractivity contribution in [2.24, 2.45) is 0 Å². The van der Waals surface area contributed by atoms with Gasteiger partial charge >= 0.3 is 0 Å². The minimum atomic E-state index is -0.179. The van der Waals surface area contributed by atoms with E-state index in [0.29, 0.717) is 49.5 Å². The number of nitrogens with one attached hydrogen (secondary N) is 1. The average molecular weight is 453 g/mol. The minimum Gasteiger partial charge on any atom is -0.493 e. The van der Waals surface area contributed by atoms with E-state index in [2.05, 4.69) is 5.32 Å². The Kier molecular flexibility index (Phi) is 8.29. The number of carbonyl (C=O) groups is 2. The predicted molar refractivity (Wildman–Crippen MR) is 128 cm³/mol. The molecule has 176 valence electrons. The summed E-state index contributed by atoms with van der Waals surface area (Å²) in [6.45, 7) is 6.07.